The summed E-state index contributed by atoms with van der Waals surface area (Å²) in [6, 6.07) is 9.30. The molecule has 0 amide bonds. The van der Waals surface area contributed by atoms with Crippen LogP contribution in [0.1, 0.15) is 28.6 Å². The monoisotopic (exact) mass is 263 g/mol. The van der Waals surface area contributed by atoms with Gasteiger partial charge < -0.3 is 5.32 Å². The normalized spacial score (nSPS) is 17.2. The second kappa shape index (κ2) is 5.34. The third-order valence-electron chi connectivity index (χ3n) is 3.22. The first-order valence-corrected chi connectivity index (χ1v) is 7.97. The van der Waals surface area contributed by atoms with Gasteiger partial charge in [0.1, 0.15) is 0 Å². The van der Waals surface area contributed by atoms with Gasteiger partial charge in [0.25, 0.3) is 0 Å². The summed E-state index contributed by atoms with van der Waals surface area (Å²) in [6.45, 7) is 1.19. The second-order valence-corrected chi connectivity index (χ2v) is 6.71. The molecule has 2 heterocycles. The Balaban J connectivity index is 1.66. The van der Waals surface area contributed by atoms with Gasteiger partial charge in [0, 0.05) is 22.2 Å². The molecule has 0 spiro atoms. The molecule has 0 aromatic carbocycles. The van der Waals surface area contributed by atoms with Crippen LogP contribution in [0.15, 0.2) is 35.0 Å². The van der Waals surface area contributed by atoms with Crippen molar-refractivity contribution in [3.63, 3.8) is 0 Å². The Bertz CT molecular complexity index is 429. The standard InChI is InChI=1S/C14H17NS2/c1-3-12(16-7-1)9-13(14-4-2-8-17-14)15-10-11-5-6-11/h1-4,7-8,11,13,15H,5-6,9-10H2. The van der Waals surface area contributed by atoms with Crippen molar-refractivity contribution in [2.45, 2.75) is 25.3 Å². The Morgan fingerprint density at radius 1 is 1.18 bits per heavy atom. The summed E-state index contributed by atoms with van der Waals surface area (Å²) >= 11 is 3.73. The fourth-order valence-electron chi connectivity index (χ4n) is 2.02. The Labute approximate surface area is 111 Å². The smallest absolute Gasteiger partial charge is 0.0463 e. The van der Waals surface area contributed by atoms with Gasteiger partial charge in [0.2, 0.25) is 0 Å². The minimum atomic E-state index is 0.509. The van der Waals surface area contributed by atoms with Crippen molar-refractivity contribution >= 4 is 22.7 Å². The second-order valence-electron chi connectivity index (χ2n) is 4.70. The van der Waals surface area contributed by atoms with Crippen molar-refractivity contribution in [3.8, 4) is 0 Å². The summed E-state index contributed by atoms with van der Waals surface area (Å²) in [5.41, 5.74) is 0. The van der Waals surface area contributed by atoms with Gasteiger partial charge in [-0.1, -0.05) is 12.1 Å². The zero-order valence-corrected chi connectivity index (χ0v) is 11.4. The Morgan fingerprint density at radius 2 is 2.00 bits per heavy atom. The van der Waals surface area contributed by atoms with E-state index in [0.29, 0.717) is 6.04 Å². The van der Waals surface area contributed by atoms with E-state index in [1.54, 1.807) is 0 Å². The maximum atomic E-state index is 3.74. The summed E-state index contributed by atoms with van der Waals surface area (Å²) in [4.78, 5) is 2.95. The molecule has 2 aromatic rings. The molecular formula is C14H17NS2. The van der Waals surface area contributed by atoms with Crippen LogP contribution in [-0.4, -0.2) is 6.54 Å². The third-order valence-corrected chi connectivity index (χ3v) is 5.11. The molecule has 1 nitrogen and oxygen atoms in total. The Hall–Kier alpha value is -0.640. The summed E-state index contributed by atoms with van der Waals surface area (Å²) in [5, 5.41) is 8.08. The van der Waals surface area contributed by atoms with E-state index in [1.165, 1.54) is 29.1 Å². The summed E-state index contributed by atoms with van der Waals surface area (Å²) in [7, 11) is 0. The molecule has 1 unspecified atom stereocenters. The molecule has 17 heavy (non-hydrogen) atoms. The Morgan fingerprint density at radius 3 is 2.65 bits per heavy atom. The van der Waals surface area contributed by atoms with Crippen LogP contribution in [-0.2, 0) is 6.42 Å². The van der Waals surface area contributed by atoms with Crippen LogP contribution in [0.5, 0.6) is 0 Å². The molecule has 1 aliphatic carbocycles. The highest BCUT2D eigenvalue weighted by molar-refractivity contribution is 7.10. The largest absolute Gasteiger partial charge is 0.309 e. The fraction of sp³-hybridized carbons (Fsp3) is 0.429. The predicted octanol–water partition coefficient (Wildman–Crippen LogP) is 4.09. The molecule has 3 rings (SSSR count). The Kier molecular flexibility index (Phi) is 3.60. The quantitative estimate of drug-likeness (QED) is 0.827. The van der Waals surface area contributed by atoms with Crippen LogP contribution in [0.3, 0.4) is 0 Å². The van der Waals surface area contributed by atoms with Crippen molar-refractivity contribution in [1.29, 1.82) is 0 Å². The molecule has 90 valence electrons. The first kappa shape index (κ1) is 11.5. The van der Waals surface area contributed by atoms with Gasteiger partial charge in [-0.15, -0.1) is 22.7 Å². The predicted molar refractivity (Wildman–Crippen MR) is 75.8 cm³/mol. The molecule has 1 saturated carbocycles. The van der Waals surface area contributed by atoms with Gasteiger partial charge in [0.05, 0.1) is 0 Å². The van der Waals surface area contributed by atoms with Gasteiger partial charge in [-0.2, -0.15) is 0 Å². The van der Waals surface area contributed by atoms with Crippen LogP contribution in [0, 0.1) is 5.92 Å². The first-order chi connectivity index (χ1) is 8.42. The minimum absolute atomic E-state index is 0.509. The van der Waals surface area contributed by atoms with Gasteiger partial charge >= 0.3 is 0 Å². The average Bonchev–Trinajstić information content (AvgIpc) is 2.85. The van der Waals surface area contributed by atoms with Crippen molar-refractivity contribution in [1.82, 2.24) is 5.32 Å². The van der Waals surface area contributed by atoms with Crippen LogP contribution < -0.4 is 5.32 Å². The molecule has 2 aromatic heterocycles. The molecule has 0 bridgehead atoms. The van der Waals surface area contributed by atoms with Gasteiger partial charge in [-0.05, 0) is 48.2 Å². The summed E-state index contributed by atoms with van der Waals surface area (Å²) in [5.74, 6) is 0.945. The van der Waals surface area contributed by atoms with Crippen LogP contribution in [0.25, 0.3) is 0 Å². The lowest BCUT2D eigenvalue weighted by Gasteiger charge is -2.16. The fourth-order valence-corrected chi connectivity index (χ4v) is 3.58. The molecule has 0 radical (unpaired) electrons. The summed E-state index contributed by atoms with van der Waals surface area (Å²) < 4.78 is 0. The maximum absolute atomic E-state index is 3.74. The first-order valence-electron chi connectivity index (χ1n) is 6.21. The molecule has 0 aliphatic heterocycles. The van der Waals surface area contributed by atoms with Crippen LogP contribution in [0.2, 0.25) is 0 Å². The molecule has 0 saturated heterocycles. The van der Waals surface area contributed by atoms with E-state index in [2.05, 4.69) is 40.3 Å². The van der Waals surface area contributed by atoms with Crippen LogP contribution in [0.4, 0.5) is 0 Å². The highest BCUT2D eigenvalue weighted by Crippen LogP contribution is 2.30. The van der Waals surface area contributed by atoms with Crippen LogP contribution >= 0.6 is 22.7 Å². The lowest BCUT2D eigenvalue weighted by Crippen LogP contribution is -2.24. The third kappa shape index (κ3) is 3.18. The zero-order valence-electron chi connectivity index (χ0n) is 9.76. The molecule has 1 fully saturated rings. The lowest BCUT2D eigenvalue weighted by atomic mass is 10.1. The van der Waals surface area contributed by atoms with Gasteiger partial charge in [-0.25, -0.2) is 0 Å². The van der Waals surface area contributed by atoms with E-state index in [1.807, 2.05) is 22.7 Å². The average molecular weight is 263 g/mol. The highest BCUT2D eigenvalue weighted by Gasteiger charge is 2.23. The van der Waals surface area contributed by atoms with Crippen molar-refractivity contribution in [2.75, 3.05) is 6.54 Å². The van der Waals surface area contributed by atoms with Crippen molar-refractivity contribution in [2.24, 2.45) is 5.92 Å². The van der Waals surface area contributed by atoms with E-state index >= 15 is 0 Å². The molecule has 1 N–H and O–H groups in total. The molecule has 1 aliphatic rings. The highest BCUT2D eigenvalue weighted by atomic mass is 32.1. The van der Waals surface area contributed by atoms with Gasteiger partial charge in [0.15, 0.2) is 0 Å². The molecular weight excluding hydrogens is 246 g/mol. The van der Waals surface area contributed by atoms with E-state index in [9.17, 15) is 0 Å². The van der Waals surface area contributed by atoms with E-state index < -0.39 is 0 Å². The lowest BCUT2D eigenvalue weighted by molar-refractivity contribution is 0.521. The number of hydrogen-bond acceptors (Lipinski definition) is 3. The molecule has 1 atom stereocenters. The van der Waals surface area contributed by atoms with Gasteiger partial charge in [-0.3, -0.25) is 0 Å². The SMILES string of the molecule is c1csc(CC(NCC2CC2)c2cccs2)c1. The number of hydrogen-bond donors (Lipinski definition) is 1. The van der Waals surface area contributed by atoms with Crippen molar-refractivity contribution < 1.29 is 0 Å². The number of thiophene rings is 2. The minimum Gasteiger partial charge on any atom is -0.309 e. The van der Waals surface area contributed by atoms with E-state index in [0.717, 1.165) is 12.3 Å². The maximum Gasteiger partial charge on any atom is 0.0463 e. The summed E-state index contributed by atoms with van der Waals surface area (Å²) in [6.07, 6.45) is 3.97. The number of rotatable bonds is 6. The van der Waals surface area contributed by atoms with Crippen molar-refractivity contribution in [3.05, 3.63) is 44.8 Å². The molecule has 3 heteroatoms. The topological polar surface area (TPSA) is 12.0 Å². The zero-order chi connectivity index (χ0) is 11.5. The van der Waals surface area contributed by atoms with E-state index in [-0.39, 0.29) is 0 Å². The number of nitrogens with one attached hydrogen (secondary N) is 1. The van der Waals surface area contributed by atoms with E-state index in [4.69, 9.17) is 0 Å².